The number of hydrogen-bond acceptors (Lipinski definition) is 6. The van der Waals surface area contributed by atoms with E-state index >= 15 is 0 Å². The number of carbonyl (C=O) groups is 1. The average molecular weight is 461 g/mol. The van der Waals surface area contributed by atoms with Crippen LogP contribution in [0.1, 0.15) is 25.3 Å². The number of methoxy groups -OCH3 is 2. The first-order valence-electron chi connectivity index (χ1n) is 10.4. The van der Waals surface area contributed by atoms with Crippen LogP contribution < -0.4 is 19.5 Å². The zero-order valence-electron chi connectivity index (χ0n) is 18.5. The number of rotatable bonds is 9. The maximum absolute atomic E-state index is 13.1. The van der Waals surface area contributed by atoms with E-state index in [9.17, 15) is 13.2 Å². The van der Waals surface area contributed by atoms with Gasteiger partial charge in [-0.25, -0.2) is 8.42 Å². The van der Waals surface area contributed by atoms with Crippen molar-refractivity contribution in [2.24, 2.45) is 0 Å². The maximum atomic E-state index is 13.1. The Morgan fingerprint density at radius 1 is 1.09 bits per heavy atom. The Bertz CT molecular complexity index is 1090. The van der Waals surface area contributed by atoms with E-state index in [-0.39, 0.29) is 10.6 Å². The molecule has 0 aliphatic carbocycles. The van der Waals surface area contributed by atoms with Gasteiger partial charge in [-0.05, 0) is 50.1 Å². The number of ether oxygens (including phenoxy) is 3. The van der Waals surface area contributed by atoms with Gasteiger partial charge < -0.3 is 19.5 Å². The molecule has 2 aromatic carbocycles. The highest BCUT2D eigenvalue weighted by molar-refractivity contribution is 7.89. The van der Waals surface area contributed by atoms with Crippen molar-refractivity contribution < 1.29 is 27.4 Å². The summed E-state index contributed by atoms with van der Waals surface area (Å²) < 4.78 is 43.8. The molecule has 0 aromatic heterocycles. The lowest BCUT2D eigenvalue weighted by atomic mass is 10.1. The molecule has 3 rings (SSSR count). The lowest BCUT2D eigenvalue weighted by molar-refractivity contribution is -0.111. The molecule has 1 heterocycles. The predicted molar refractivity (Wildman–Crippen MR) is 123 cm³/mol. The monoisotopic (exact) mass is 460 g/mol. The summed E-state index contributed by atoms with van der Waals surface area (Å²) >= 11 is 0. The number of benzene rings is 2. The van der Waals surface area contributed by atoms with E-state index in [1.807, 2.05) is 0 Å². The molecule has 1 saturated heterocycles. The molecule has 0 spiro atoms. The van der Waals surface area contributed by atoms with Gasteiger partial charge in [-0.2, -0.15) is 4.31 Å². The number of sulfonamides is 1. The SMILES string of the molecule is CCOc1ccc(NC(=O)C=Cc2cccc(OC)c2OC)cc1S(=O)(=O)N1CCCC1. The van der Waals surface area contributed by atoms with Crippen LogP contribution in [0.25, 0.3) is 6.08 Å². The average Bonchev–Trinajstić information content (AvgIpc) is 3.34. The fourth-order valence-corrected chi connectivity index (χ4v) is 5.20. The highest BCUT2D eigenvalue weighted by Crippen LogP contribution is 2.33. The van der Waals surface area contributed by atoms with Crippen molar-refractivity contribution in [1.29, 1.82) is 0 Å². The molecule has 2 aromatic rings. The van der Waals surface area contributed by atoms with Crippen LogP contribution in [0.3, 0.4) is 0 Å². The number of hydrogen-bond donors (Lipinski definition) is 1. The van der Waals surface area contributed by atoms with Crippen LogP contribution in [0.2, 0.25) is 0 Å². The van der Waals surface area contributed by atoms with E-state index in [1.54, 1.807) is 43.3 Å². The number of nitrogens with zero attached hydrogens (tertiary/aromatic N) is 1. The summed E-state index contributed by atoms with van der Waals surface area (Å²) in [5, 5.41) is 2.71. The second-order valence-corrected chi connectivity index (χ2v) is 9.02. The van der Waals surface area contributed by atoms with Gasteiger partial charge >= 0.3 is 0 Å². The minimum absolute atomic E-state index is 0.0532. The first-order valence-corrected chi connectivity index (χ1v) is 11.8. The number of amides is 1. The highest BCUT2D eigenvalue weighted by atomic mass is 32.2. The minimum atomic E-state index is -3.71. The van der Waals surface area contributed by atoms with Gasteiger partial charge in [0.05, 0.1) is 20.8 Å². The fourth-order valence-electron chi connectivity index (χ4n) is 3.52. The van der Waals surface area contributed by atoms with Crippen LogP contribution in [0.4, 0.5) is 5.69 Å². The Morgan fingerprint density at radius 2 is 1.84 bits per heavy atom. The smallest absolute Gasteiger partial charge is 0.248 e. The Labute approximate surface area is 188 Å². The van der Waals surface area contributed by atoms with Crippen molar-refractivity contribution in [3.05, 3.63) is 48.0 Å². The molecule has 1 aliphatic heterocycles. The van der Waals surface area contributed by atoms with Gasteiger partial charge in [0.2, 0.25) is 15.9 Å². The first kappa shape index (κ1) is 23.6. The Hall–Kier alpha value is -3.04. The van der Waals surface area contributed by atoms with E-state index in [0.29, 0.717) is 42.4 Å². The largest absolute Gasteiger partial charge is 0.493 e. The molecule has 1 amide bonds. The normalized spacial score (nSPS) is 14.5. The molecule has 1 fully saturated rings. The summed E-state index contributed by atoms with van der Waals surface area (Å²) in [6, 6.07) is 9.97. The second kappa shape index (κ2) is 10.5. The van der Waals surface area contributed by atoms with Crippen molar-refractivity contribution in [2.75, 3.05) is 39.2 Å². The van der Waals surface area contributed by atoms with Crippen LogP contribution in [0.5, 0.6) is 17.2 Å². The molecule has 32 heavy (non-hydrogen) atoms. The van der Waals surface area contributed by atoms with E-state index in [4.69, 9.17) is 14.2 Å². The third-order valence-electron chi connectivity index (χ3n) is 5.04. The quantitative estimate of drug-likeness (QED) is 0.576. The molecule has 1 aliphatic rings. The predicted octanol–water partition coefficient (Wildman–Crippen LogP) is 3.54. The minimum Gasteiger partial charge on any atom is -0.493 e. The molecule has 172 valence electrons. The topological polar surface area (TPSA) is 94.2 Å². The van der Waals surface area contributed by atoms with Crippen molar-refractivity contribution in [3.63, 3.8) is 0 Å². The van der Waals surface area contributed by atoms with E-state index < -0.39 is 15.9 Å². The van der Waals surface area contributed by atoms with Crippen LogP contribution in [0.15, 0.2) is 47.4 Å². The van der Waals surface area contributed by atoms with E-state index in [2.05, 4.69) is 5.32 Å². The molecule has 0 bridgehead atoms. The lowest BCUT2D eigenvalue weighted by Crippen LogP contribution is -2.28. The molecule has 0 radical (unpaired) electrons. The molecule has 0 saturated carbocycles. The van der Waals surface area contributed by atoms with E-state index in [0.717, 1.165) is 12.8 Å². The number of carbonyl (C=O) groups excluding carboxylic acids is 1. The van der Waals surface area contributed by atoms with Gasteiger partial charge in [0.25, 0.3) is 0 Å². The lowest BCUT2D eigenvalue weighted by Gasteiger charge is -2.19. The summed E-state index contributed by atoms with van der Waals surface area (Å²) in [6.45, 7) is 3.09. The van der Waals surface area contributed by atoms with Gasteiger partial charge in [-0.3, -0.25) is 4.79 Å². The second-order valence-electron chi connectivity index (χ2n) is 7.11. The van der Waals surface area contributed by atoms with Gasteiger partial charge in [0.1, 0.15) is 10.6 Å². The Kier molecular flexibility index (Phi) is 7.76. The summed E-state index contributed by atoms with van der Waals surface area (Å²) in [5.41, 5.74) is 1.03. The van der Waals surface area contributed by atoms with Crippen molar-refractivity contribution in [1.82, 2.24) is 4.31 Å². The van der Waals surface area contributed by atoms with Crippen molar-refractivity contribution >= 4 is 27.7 Å². The van der Waals surface area contributed by atoms with Gasteiger partial charge in [0, 0.05) is 30.4 Å². The number of nitrogens with one attached hydrogen (secondary N) is 1. The molecule has 8 nitrogen and oxygen atoms in total. The Morgan fingerprint density at radius 3 is 2.50 bits per heavy atom. The third-order valence-corrected chi connectivity index (χ3v) is 6.96. The highest BCUT2D eigenvalue weighted by Gasteiger charge is 2.30. The van der Waals surface area contributed by atoms with Crippen LogP contribution >= 0.6 is 0 Å². The molecule has 0 unspecified atom stereocenters. The van der Waals surface area contributed by atoms with Crippen LogP contribution in [-0.4, -0.2) is 52.5 Å². The first-order chi connectivity index (χ1) is 15.4. The van der Waals surface area contributed by atoms with Gasteiger partial charge in [-0.1, -0.05) is 12.1 Å². The summed E-state index contributed by atoms with van der Waals surface area (Å²) in [6.07, 6.45) is 4.62. The molecule has 9 heteroatoms. The van der Waals surface area contributed by atoms with E-state index in [1.165, 1.54) is 30.7 Å². The van der Waals surface area contributed by atoms with Crippen molar-refractivity contribution in [2.45, 2.75) is 24.7 Å². The molecule has 1 N–H and O–H groups in total. The fraction of sp³-hybridized carbons (Fsp3) is 0.348. The van der Waals surface area contributed by atoms with Gasteiger partial charge in [0.15, 0.2) is 11.5 Å². The zero-order chi connectivity index (χ0) is 23.1. The zero-order valence-corrected chi connectivity index (χ0v) is 19.3. The van der Waals surface area contributed by atoms with Crippen LogP contribution in [-0.2, 0) is 14.8 Å². The third kappa shape index (κ3) is 5.23. The summed E-state index contributed by atoms with van der Waals surface area (Å²) in [5.74, 6) is 0.926. The molecular formula is C23H28N2O6S. The van der Waals surface area contributed by atoms with Crippen LogP contribution in [0, 0.1) is 0 Å². The summed E-state index contributed by atoms with van der Waals surface area (Å²) in [4.78, 5) is 12.6. The molecular weight excluding hydrogens is 432 g/mol. The standard InChI is InChI=1S/C23H28N2O6S/c1-4-31-19-12-11-18(16-21(19)32(27,28)25-14-5-6-15-25)24-22(26)13-10-17-8-7-9-20(29-2)23(17)30-3/h7-13,16H,4-6,14-15H2,1-3H3,(H,24,26). The Balaban J connectivity index is 1.83. The summed E-state index contributed by atoms with van der Waals surface area (Å²) in [7, 11) is -0.648. The maximum Gasteiger partial charge on any atom is 0.248 e. The molecule has 0 atom stereocenters. The number of anilines is 1. The number of para-hydroxylation sites is 1. The van der Waals surface area contributed by atoms with Gasteiger partial charge in [-0.15, -0.1) is 0 Å². The van der Waals surface area contributed by atoms with Crippen molar-refractivity contribution in [3.8, 4) is 17.2 Å².